The monoisotopic (exact) mass is 212 g/mol. The quantitative estimate of drug-likeness (QED) is 0.748. The molecule has 11 heavy (non-hydrogen) atoms. The van der Waals surface area contributed by atoms with Gasteiger partial charge in [0.15, 0.2) is 0 Å². The lowest BCUT2D eigenvalue weighted by molar-refractivity contribution is 0.401. The van der Waals surface area contributed by atoms with Crippen LogP contribution in [0.5, 0.6) is 0 Å². The molecule has 0 aliphatic carbocycles. The fourth-order valence-electron chi connectivity index (χ4n) is 0.838. The fraction of sp³-hybridized carbons (Fsp3) is 0.111. The van der Waals surface area contributed by atoms with Crippen LogP contribution in [0, 0.1) is 0 Å². The van der Waals surface area contributed by atoms with Crippen LogP contribution in [0.2, 0.25) is 0 Å². The standard InChI is InChI=1S/C9H9BrO/c1-7(11)6-8-2-4-9(10)5-3-8/h2-5,11H,1,6H2. The van der Waals surface area contributed by atoms with Gasteiger partial charge in [0.2, 0.25) is 0 Å². The van der Waals surface area contributed by atoms with Gasteiger partial charge in [-0.2, -0.15) is 0 Å². The van der Waals surface area contributed by atoms with E-state index in [4.69, 9.17) is 5.11 Å². The molecule has 1 aromatic rings. The first-order valence-electron chi connectivity index (χ1n) is 3.29. The van der Waals surface area contributed by atoms with Crippen LogP contribution in [-0.4, -0.2) is 5.11 Å². The Labute approximate surface area is 74.5 Å². The smallest absolute Gasteiger partial charge is 0.0894 e. The van der Waals surface area contributed by atoms with Gasteiger partial charge in [0.25, 0.3) is 0 Å². The SMILES string of the molecule is C=C(O)Cc1ccc(Br)cc1. The van der Waals surface area contributed by atoms with Crippen LogP contribution in [0.15, 0.2) is 41.1 Å². The van der Waals surface area contributed by atoms with Crippen molar-refractivity contribution >= 4 is 15.9 Å². The number of aliphatic hydroxyl groups excluding tert-OH is 1. The van der Waals surface area contributed by atoms with E-state index in [1.807, 2.05) is 24.3 Å². The van der Waals surface area contributed by atoms with Crippen LogP contribution in [0.3, 0.4) is 0 Å². The summed E-state index contributed by atoms with van der Waals surface area (Å²) in [6.07, 6.45) is 0.535. The lowest BCUT2D eigenvalue weighted by Gasteiger charge is -1.98. The average Bonchev–Trinajstić information content (AvgIpc) is 1.93. The molecule has 0 radical (unpaired) electrons. The number of allylic oxidation sites excluding steroid dienone is 1. The number of rotatable bonds is 2. The number of benzene rings is 1. The van der Waals surface area contributed by atoms with Gasteiger partial charge in [0.05, 0.1) is 5.76 Å². The van der Waals surface area contributed by atoms with Crippen LogP contribution in [-0.2, 0) is 6.42 Å². The first-order chi connectivity index (χ1) is 5.18. The molecule has 1 N–H and O–H groups in total. The molecule has 0 aliphatic rings. The molecule has 0 aliphatic heterocycles. The third-order valence-corrected chi connectivity index (χ3v) is 1.85. The van der Waals surface area contributed by atoms with E-state index < -0.39 is 0 Å². The fourth-order valence-corrected chi connectivity index (χ4v) is 1.10. The number of halogens is 1. The predicted molar refractivity (Wildman–Crippen MR) is 49.6 cm³/mol. The van der Waals surface area contributed by atoms with E-state index in [9.17, 15) is 0 Å². The predicted octanol–water partition coefficient (Wildman–Crippen LogP) is 3.06. The highest BCUT2D eigenvalue weighted by atomic mass is 79.9. The molecule has 0 atom stereocenters. The van der Waals surface area contributed by atoms with E-state index in [0.717, 1.165) is 10.0 Å². The molecular weight excluding hydrogens is 204 g/mol. The van der Waals surface area contributed by atoms with Crippen molar-refractivity contribution in [2.75, 3.05) is 0 Å². The minimum atomic E-state index is 0.201. The molecule has 1 aromatic carbocycles. The molecule has 0 aromatic heterocycles. The maximum absolute atomic E-state index is 8.87. The second-order valence-corrected chi connectivity index (χ2v) is 3.29. The van der Waals surface area contributed by atoms with Crippen molar-refractivity contribution in [3.05, 3.63) is 46.6 Å². The van der Waals surface area contributed by atoms with Gasteiger partial charge in [-0.1, -0.05) is 34.6 Å². The molecule has 1 nitrogen and oxygen atoms in total. The van der Waals surface area contributed by atoms with E-state index in [2.05, 4.69) is 22.5 Å². The van der Waals surface area contributed by atoms with E-state index in [1.165, 1.54) is 0 Å². The molecule has 2 heteroatoms. The zero-order valence-electron chi connectivity index (χ0n) is 6.05. The molecule has 0 saturated carbocycles. The molecule has 0 fully saturated rings. The van der Waals surface area contributed by atoms with Crippen molar-refractivity contribution in [2.45, 2.75) is 6.42 Å². The molecule has 0 unspecified atom stereocenters. The highest BCUT2D eigenvalue weighted by molar-refractivity contribution is 9.10. The van der Waals surface area contributed by atoms with Gasteiger partial charge in [-0.05, 0) is 17.7 Å². The zero-order valence-corrected chi connectivity index (χ0v) is 7.63. The lowest BCUT2D eigenvalue weighted by Crippen LogP contribution is -1.86. The van der Waals surface area contributed by atoms with E-state index in [1.54, 1.807) is 0 Å². The molecule has 0 spiro atoms. The third kappa shape index (κ3) is 2.76. The zero-order chi connectivity index (χ0) is 8.27. The van der Waals surface area contributed by atoms with Crippen molar-refractivity contribution in [3.8, 4) is 0 Å². The Morgan fingerprint density at radius 2 is 1.91 bits per heavy atom. The summed E-state index contributed by atoms with van der Waals surface area (Å²) in [4.78, 5) is 0. The molecule has 0 bridgehead atoms. The molecule has 58 valence electrons. The van der Waals surface area contributed by atoms with Gasteiger partial charge in [-0.25, -0.2) is 0 Å². The van der Waals surface area contributed by atoms with Crippen molar-refractivity contribution in [1.29, 1.82) is 0 Å². The highest BCUT2D eigenvalue weighted by Gasteiger charge is 1.93. The van der Waals surface area contributed by atoms with Crippen molar-refractivity contribution in [2.24, 2.45) is 0 Å². The Balaban J connectivity index is 2.74. The average molecular weight is 213 g/mol. The summed E-state index contributed by atoms with van der Waals surface area (Å²) in [6, 6.07) is 7.79. The van der Waals surface area contributed by atoms with E-state index >= 15 is 0 Å². The molecule has 0 amide bonds. The normalized spacial score (nSPS) is 9.55. The van der Waals surface area contributed by atoms with Crippen LogP contribution < -0.4 is 0 Å². The molecule has 1 rings (SSSR count). The van der Waals surface area contributed by atoms with Crippen LogP contribution in [0.25, 0.3) is 0 Å². The van der Waals surface area contributed by atoms with Gasteiger partial charge in [0, 0.05) is 10.9 Å². The first kappa shape index (κ1) is 8.34. The van der Waals surface area contributed by atoms with Gasteiger partial charge in [-0.3, -0.25) is 0 Å². The summed E-state index contributed by atoms with van der Waals surface area (Å²) >= 11 is 3.33. The van der Waals surface area contributed by atoms with Crippen LogP contribution >= 0.6 is 15.9 Å². The molecular formula is C9H9BrO. The summed E-state index contributed by atoms with van der Waals surface area (Å²) in [5.41, 5.74) is 1.07. The number of hydrogen-bond acceptors (Lipinski definition) is 1. The minimum absolute atomic E-state index is 0.201. The summed E-state index contributed by atoms with van der Waals surface area (Å²) in [5.74, 6) is 0.201. The van der Waals surface area contributed by atoms with Crippen LogP contribution in [0.1, 0.15) is 5.56 Å². The van der Waals surface area contributed by atoms with Gasteiger partial charge >= 0.3 is 0 Å². The number of hydrogen-bond donors (Lipinski definition) is 1. The summed E-state index contributed by atoms with van der Waals surface area (Å²) in [6.45, 7) is 3.42. The Morgan fingerprint density at radius 3 is 2.36 bits per heavy atom. The maximum Gasteiger partial charge on any atom is 0.0894 e. The third-order valence-electron chi connectivity index (χ3n) is 1.32. The largest absolute Gasteiger partial charge is 0.513 e. The Hall–Kier alpha value is -0.760. The van der Waals surface area contributed by atoms with Gasteiger partial charge < -0.3 is 5.11 Å². The number of aliphatic hydroxyl groups is 1. The molecule has 0 saturated heterocycles. The first-order valence-corrected chi connectivity index (χ1v) is 4.09. The van der Waals surface area contributed by atoms with Crippen molar-refractivity contribution < 1.29 is 5.11 Å². The van der Waals surface area contributed by atoms with Gasteiger partial charge in [-0.15, -0.1) is 0 Å². The van der Waals surface area contributed by atoms with Crippen molar-refractivity contribution in [3.63, 3.8) is 0 Å². The summed E-state index contributed by atoms with van der Waals surface area (Å²) in [7, 11) is 0. The highest BCUT2D eigenvalue weighted by Crippen LogP contribution is 2.11. The van der Waals surface area contributed by atoms with Gasteiger partial charge in [0.1, 0.15) is 0 Å². The summed E-state index contributed by atoms with van der Waals surface area (Å²) in [5, 5.41) is 8.87. The Kier molecular flexibility index (Phi) is 2.71. The Bertz CT molecular complexity index is 251. The summed E-state index contributed by atoms with van der Waals surface area (Å²) < 4.78 is 1.05. The minimum Gasteiger partial charge on any atom is -0.513 e. The van der Waals surface area contributed by atoms with Crippen LogP contribution in [0.4, 0.5) is 0 Å². The van der Waals surface area contributed by atoms with E-state index in [-0.39, 0.29) is 5.76 Å². The Morgan fingerprint density at radius 1 is 1.36 bits per heavy atom. The maximum atomic E-state index is 8.87. The topological polar surface area (TPSA) is 20.2 Å². The lowest BCUT2D eigenvalue weighted by atomic mass is 10.1. The molecule has 0 heterocycles. The van der Waals surface area contributed by atoms with E-state index in [0.29, 0.717) is 6.42 Å². The second-order valence-electron chi connectivity index (χ2n) is 2.37. The van der Waals surface area contributed by atoms with Crippen molar-refractivity contribution in [1.82, 2.24) is 0 Å². The second kappa shape index (κ2) is 3.58.